The predicted octanol–water partition coefficient (Wildman–Crippen LogP) is 5.40. The first-order chi connectivity index (χ1) is 10.1. The van der Waals surface area contributed by atoms with Crippen LogP contribution in [0.25, 0.3) is 10.4 Å². The van der Waals surface area contributed by atoms with Crippen molar-refractivity contribution in [3.05, 3.63) is 49.4 Å². The summed E-state index contributed by atoms with van der Waals surface area (Å²) in [6, 6.07) is 6.92. The van der Waals surface area contributed by atoms with Gasteiger partial charge in [0.15, 0.2) is 0 Å². The van der Waals surface area contributed by atoms with E-state index < -0.39 is 0 Å². The second-order valence-electron chi connectivity index (χ2n) is 5.06. The highest BCUT2D eigenvalue weighted by molar-refractivity contribution is 7.14. The first-order valence-electron chi connectivity index (χ1n) is 6.92. The van der Waals surface area contributed by atoms with Crippen molar-refractivity contribution in [2.75, 3.05) is 0 Å². The van der Waals surface area contributed by atoms with E-state index >= 15 is 0 Å². The lowest BCUT2D eigenvalue weighted by atomic mass is 10.2. The molecule has 0 aliphatic heterocycles. The van der Waals surface area contributed by atoms with E-state index in [2.05, 4.69) is 60.0 Å². The Hall–Kier alpha value is -1.01. The molecule has 0 spiro atoms. The summed E-state index contributed by atoms with van der Waals surface area (Å²) >= 11 is 5.41. The summed E-state index contributed by atoms with van der Waals surface area (Å²) in [7, 11) is 0. The van der Waals surface area contributed by atoms with Crippen LogP contribution >= 0.6 is 34.0 Å². The summed E-state index contributed by atoms with van der Waals surface area (Å²) in [5.74, 6) is 0. The summed E-state index contributed by atoms with van der Waals surface area (Å²) in [5, 5.41) is 9.13. The zero-order valence-corrected chi connectivity index (χ0v) is 14.8. The van der Waals surface area contributed by atoms with Crippen LogP contribution in [0.15, 0.2) is 29.0 Å². The molecular formula is C16H18N2S3. The summed E-state index contributed by atoms with van der Waals surface area (Å²) < 4.78 is 0. The monoisotopic (exact) mass is 334 g/mol. The first-order valence-corrected chi connectivity index (χ1v) is 9.49. The third-order valence-corrected chi connectivity index (χ3v) is 6.49. The average molecular weight is 335 g/mol. The van der Waals surface area contributed by atoms with E-state index in [4.69, 9.17) is 0 Å². The molecule has 1 N–H and O–H groups in total. The van der Waals surface area contributed by atoms with Gasteiger partial charge in [0.1, 0.15) is 0 Å². The van der Waals surface area contributed by atoms with Gasteiger partial charge in [-0.2, -0.15) is 0 Å². The predicted molar refractivity (Wildman–Crippen MR) is 94.5 cm³/mol. The maximum atomic E-state index is 4.51. The Morgan fingerprint density at radius 3 is 2.81 bits per heavy atom. The fraction of sp³-hybridized carbons (Fsp3) is 0.312. The highest BCUT2D eigenvalue weighted by Crippen LogP contribution is 2.30. The molecule has 0 aromatic carbocycles. The van der Waals surface area contributed by atoms with E-state index in [0.29, 0.717) is 6.04 Å². The Morgan fingerprint density at radius 1 is 1.29 bits per heavy atom. The van der Waals surface area contributed by atoms with E-state index in [0.717, 1.165) is 17.2 Å². The van der Waals surface area contributed by atoms with Gasteiger partial charge < -0.3 is 5.32 Å². The van der Waals surface area contributed by atoms with Gasteiger partial charge in [-0.1, -0.05) is 6.07 Å². The zero-order chi connectivity index (χ0) is 14.8. The van der Waals surface area contributed by atoms with E-state index in [1.54, 1.807) is 22.7 Å². The lowest BCUT2D eigenvalue weighted by Crippen LogP contribution is -2.17. The Kier molecular flexibility index (Phi) is 4.54. The van der Waals surface area contributed by atoms with Gasteiger partial charge in [0.05, 0.1) is 10.7 Å². The zero-order valence-electron chi connectivity index (χ0n) is 12.3. The molecule has 110 valence electrons. The Labute approximate surface area is 137 Å². The van der Waals surface area contributed by atoms with Crippen LogP contribution in [0.1, 0.15) is 33.4 Å². The maximum Gasteiger partial charge on any atom is 0.0900 e. The third kappa shape index (κ3) is 3.43. The summed E-state index contributed by atoms with van der Waals surface area (Å²) in [6.45, 7) is 7.29. The number of rotatable bonds is 5. The van der Waals surface area contributed by atoms with Crippen molar-refractivity contribution in [2.45, 2.75) is 33.4 Å². The molecule has 0 radical (unpaired) electrons. The highest BCUT2D eigenvalue weighted by Gasteiger charge is 2.13. The van der Waals surface area contributed by atoms with Crippen molar-refractivity contribution in [2.24, 2.45) is 0 Å². The van der Waals surface area contributed by atoms with Crippen LogP contribution in [0.4, 0.5) is 0 Å². The van der Waals surface area contributed by atoms with Crippen LogP contribution in [-0.4, -0.2) is 4.98 Å². The van der Waals surface area contributed by atoms with Gasteiger partial charge in [0, 0.05) is 32.8 Å². The van der Waals surface area contributed by atoms with Gasteiger partial charge in [-0.3, -0.25) is 0 Å². The molecule has 3 rings (SSSR count). The smallest absolute Gasteiger partial charge is 0.0900 e. The molecule has 5 heteroatoms. The quantitative estimate of drug-likeness (QED) is 0.675. The number of aromatic nitrogens is 1. The van der Waals surface area contributed by atoms with E-state index in [1.165, 1.54) is 20.2 Å². The largest absolute Gasteiger partial charge is 0.304 e. The second-order valence-corrected chi connectivity index (χ2v) is 8.24. The van der Waals surface area contributed by atoms with Gasteiger partial charge in [0.2, 0.25) is 0 Å². The van der Waals surface area contributed by atoms with Gasteiger partial charge in [-0.25, -0.2) is 4.98 Å². The molecule has 0 aliphatic carbocycles. The van der Waals surface area contributed by atoms with E-state index in [-0.39, 0.29) is 0 Å². The average Bonchev–Trinajstić information content (AvgIpc) is 3.15. The number of thiophene rings is 2. The Balaban J connectivity index is 1.64. The van der Waals surface area contributed by atoms with Crippen molar-refractivity contribution in [3.8, 4) is 10.4 Å². The van der Waals surface area contributed by atoms with Crippen molar-refractivity contribution >= 4 is 34.0 Å². The van der Waals surface area contributed by atoms with Crippen molar-refractivity contribution in [3.63, 3.8) is 0 Å². The minimum absolute atomic E-state index is 0.350. The van der Waals surface area contributed by atoms with Crippen LogP contribution in [-0.2, 0) is 6.54 Å². The van der Waals surface area contributed by atoms with E-state index in [9.17, 15) is 0 Å². The SMILES string of the molecule is Cc1nc(C)c(C(C)NCc2cc(-c3cccs3)cs2)s1. The molecule has 0 amide bonds. The van der Waals surface area contributed by atoms with Crippen molar-refractivity contribution in [1.82, 2.24) is 10.3 Å². The number of nitrogens with one attached hydrogen (secondary N) is 1. The van der Waals surface area contributed by atoms with Gasteiger partial charge >= 0.3 is 0 Å². The molecular weight excluding hydrogens is 316 g/mol. The van der Waals surface area contributed by atoms with Crippen LogP contribution in [0.3, 0.4) is 0 Å². The molecule has 3 heterocycles. The molecule has 0 bridgehead atoms. The molecule has 0 fully saturated rings. The molecule has 3 aromatic heterocycles. The van der Waals surface area contributed by atoms with Crippen molar-refractivity contribution in [1.29, 1.82) is 0 Å². The molecule has 3 aromatic rings. The number of aryl methyl sites for hydroxylation is 2. The molecule has 1 unspecified atom stereocenters. The normalized spacial score (nSPS) is 12.7. The van der Waals surface area contributed by atoms with Crippen molar-refractivity contribution < 1.29 is 0 Å². The number of hydrogen-bond donors (Lipinski definition) is 1. The van der Waals surface area contributed by atoms with E-state index in [1.807, 2.05) is 11.3 Å². The minimum atomic E-state index is 0.350. The van der Waals surface area contributed by atoms with Gasteiger partial charge in [-0.05, 0) is 43.7 Å². The topological polar surface area (TPSA) is 24.9 Å². The van der Waals surface area contributed by atoms with Crippen LogP contribution in [0.2, 0.25) is 0 Å². The lowest BCUT2D eigenvalue weighted by Gasteiger charge is -2.11. The highest BCUT2D eigenvalue weighted by atomic mass is 32.1. The van der Waals surface area contributed by atoms with Gasteiger partial charge in [-0.15, -0.1) is 34.0 Å². The molecule has 2 nitrogen and oxygen atoms in total. The number of nitrogens with zero attached hydrogens (tertiary/aromatic N) is 1. The minimum Gasteiger partial charge on any atom is -0.304 e. The summed E-state index contributed by atoms with van der Waals surface area (Å²) in [5.41, 5.74) is 2.49. The Morgan fingerprint density at radius 2 is 2.14 bits per heavy atom. The standard InChI is InChI=1S/C16H18N2S3/c1-10(16-11(2)18-12(3)21-16)17-8-14-7-13(9-20-14)15-5-4-6-19-15/h4-7,9-10,17H,8H2,1-3H3. The molecule has 0 aliphatic rings. The first kappa shape index (κ1) is 14.9. The van der Waals surface area contributed by atoms with Crippen LogP contribution in [0, 0.1) is 13.8 Å². The second kappa shape index (κ2) is 6.40. The maximum absolute atomic E-state index is 4.51. The molecule has 0 saturated heterocycles. The Bertz CT molecular complexity index is 710. The van der Waals surface area contributed by atoms with Crippen LogP contribution < -0.4 is 5.32 Å². The molecule has 21 heavy (non-hydrogen) atoms. The fourth-order valence-corrected chi connectivity index (χ4v) is 4.92. The number of hydrogen-bond acceptors (Lipinski definition) is 5. The lowest BCUT2D eigenvalue weighted by molar-refractivity contribution is 0.584. The fourth-order valence-electron chi connectivity index (χ4n) is 2.34. The number of thiazole rings is 1. The summed E-state index contributed by atoms with van der Waals surface area (Å²) in [6.07, 6.45) is 0. The molecule has 1 atom stereocenters. The third-order valence-electron chi connectivity index (χ3n) is 3.37. The summed E-state index contributed by atoms with van der Waals surface area (Å²) in [4.78, 5) is 8.58. The molecule has 0 saturated carbocycles. The van der Waals surface area contributed by atoms with Crippen LogP contribution in [0.5, 0.6) is 0 Å². The van der Waals surface area contributed by atoms with Gasteiger partial charge in [0.25, 0.3) is 0 Å².